The van der Waals surface area contributed by atoms with Gasteiger partial charge in [0, 0.05) is 0 Å². The van der Waals surface area contributed by atoms with Crippen LogP contribution in [0.1, 0.15) is 472 Å². The van der Waals surface area contributed by atoms with Gasteiger partial charge in [0.05, 0.1) is 0 Å². The second-order valence-electron chi connectivity index (χ2n) is 43.0. The minimum atomic E-state index is 0.681. The topological polar surface area (TPSA) is 0 Å². The lowest BCUT2D eigenvalue weighted by Crippen LogP contribution is -2.31. The zero-order chi connectivity index (χ0) is 75.0. The molecule has 0 nitrogen and oxygen atoms in total. The van der Waals surface area contributed by atoms with Gasteiger partial charge in [0.1, 0.15) is 0 Å². The Balaban J connectivity index is 0.000000528. The maximum atomic E-state index is 2.39. The largest absolute Gasteiger partial charge is 0.0654 e. The van der Waals surface area contributed by atoms with Gasteiger partial charge in [-0.3, -0.25) is 0 Å². The molecule has 0 aromatic heterocycles. The maximum absolute atomic E-state index is 2.39. The molecule has 0 N–H and O–H groups in total. The molecule has 0 radical (unpaired) electrons. The zero-order valence-corrected chi connectivity index (χ0v) is 75.0. The summed E-state index contributed by atoms with van der Waals surface area (Å²) < 4.78 is 0. The van der Waals surface area contributed by atoms with Crippen molar-refractivity contribution in [3.63, 3.8) is 0 Å². The highest BCUT2D eigenvalue weighted by Gasteiger charge is 2.37. The summed E-state index contributed by atoms with van der Waals surface area (Å²) in [6, 6.07) is 0. The summed E-state index contributed by atoms with van der Waals surface area (Å²) >= 11 is 0. The van der Waals surface area contributed by atoms with Crippen molar-refractivity contribution in [3.8, 4) is 0 Å². The Kier molecular flexibility index (Phi) is 46.7. The van der Waals surface area contributed by atoms with E-state index in [0.29, 0.717) is 21.7 Å². The van der Waals surface area contributed by atoms with Gasteiger partial charge in [-0.15, -0.1) is 0 Å². The van der Waals surface area contributed by atoms with Crippen molar-refractivity contribution in [1.82, 2.24) is 0 Å². The van der Waals surface area contributed by atoms with Gasteiger partial charge in [0.25, 0.3) is 0 Å². The second-order valence-corrected chi connectivity index (χ2v) is 43.0. The average molecular weight is 1370 g/mol. The smallest absolute Gasteiger partial charge is 0.0328 e. The third kappa shape index (κ3) is 38.0. The normalized spacial score (nSPS) is 35.3. The third-order valence-corrected chi connectivity index (χ3v) is 31.4. The molecule has 0 amide bonds. The van der Waals surface area contributed by atoms with E-state index >= 15 is 0 Å². The van der Waals surface area contributed by atoms with Gasteiger partial charge >= 0.3 is 0 Å². The van der Waals surface area contributed by atoms with E-state index in [1.54, 1.807) is 0 Å². The van der Waals surface area contributed by atoms with Crippen LogP contribution in [-0.4, -0.2) is 0 Å². The van der Waals surface area contributed by atoms with Crippen molar-refractivity contribution in [2.24, 2.45) is 157 Å². The van der Waals surface area contributed by atoms with E-state index < -0.39 is 0 Å². The van der Waals surface area contributed by atoms with Crippen LogP contribution in [0.25, 0.3) is 0 Å². The summed E-state index contributed by atoms with van der Waals surface area (Å²) in [6.07, 6.45) is 55.6. The van der Waals surface area contributed by atoms with Crippen LogP contribution < -0.4 is 0 Å². The van der Waals surface area contributed by atoms with Crippen LogP contribution in [0.15, 0.2) is 0 Å². The third-order valence-electron chi connectivity index (χ3n) is 31.4. The first-order chi connectivity index (χ1) is 45.5. The molecule has 588 valence electrons. The zero-order valence-electron chi connectivity index (χ0n) is 75.0. The van der Waals surface area contributed by atoms with E-state index in [1.807, 2.05) is 0 Å². The van der Waals surface area contributed by atoms with Crippen LogP contribution in [0.3, 0.4) is 0 Å². The molecular formula is C98H196. The van der Waals surface area contributed by atoms with Crippen LogP contribution in [0, 0.1) is 157 Å². The standard InChI is InChI=1S/14C7H14/c2*1-6-4-7(2,3)5-6;2*1-6-4-5-7(6,2)3;2*1-5-4-6(2)7(5)3;1-6(2)7-4-3-5-7;2*1-3-7-4-6(2)5-7;2*1-3-7(2)5-4-6-7;2*1-3-7-5-4-6(7)2;1-2-4-7-5-3-6-7/h4*6H,4-5H2,1-3H3;2*5-7H,4H2,1-3H3;3*6-7H,3-5H2,1-2H3;2*3-6H2,1-2H3;2*6-7H,3-5H2,1-2H3;7H,2-6H2,1H3/t;;6-;;5-,6?,7?;;;;;;;6-,7?;;/m..0.0......0../s1. The molecular weight excluding hydrogens is 1180 g/mol. The van der Waals surface area contributed by atoms with E-state index in [-0.39, 0.29) is 0 Å². The maximum Gasteiger partial charge on any atom is -0.0328 e. The molecule has 0 aromatic carbocycles. The second kappa shape index (κ2) is 47.6. The van der Waals surface area contributed by atoms with Crippen LogP contribution in [0.4, 0.5) is 0 Å². The summed E-state index contributed by atoms with van der Waals surface area (Å²) in [4.78, 5) is 0. The molecule has 11 atom stereocenters. The van der Waals surface area contributed by atoms with Gasteiger partial charge in [-0.25, -0.2) is 0 Å². The first kappa shape index (κ1) is 96.0. The van der Waals surface area contributed by atoms with Crippen molar-refractivity contribution in [2.75, 3.05) is 0 Å². The van der Waals surface area contributed by atoms with Crippen LogP contribution in [-0.2, 0) is 0 Å². The lowest BCUT2D eigenvalue weighted by molar-refractivity contribution is 0.0891. The summed E-state index contributed by atoms with van der Waals surface area (Å²) in [5.41, 5.74) is 4.28. The quantitative estimate of drug-likeness (QED) is 0.216. The molecule has 14 aliphatic carbocycles. The highest BCUT2D eigenvalue weighted by atomic mass is 14.4. The number of rotatable bonds is 9. The highest BCUT2D eigenvalue weighted by molar-refractivity contribution is 4.88. The fourth-order valence-electron chi connectivity index (χ4n) is 18.5. The fraction of sp³-hybridized carbons (Fsp3) is 1.00. The van der Waals surface area contributed by atoms with Crippen LogP contribution in [0.2, 0.25) is 0 Å². The van der Waals surface area contributed by atoms with E-state index in [4.69, 9.17) is 0 Å². The fourth-order valence-corrected chi connectivity index (χ4v) is 18.5. The summed E-state index contributed by atoms with van der Waals surface area (Å²) in [6.45, 7) is 77.0. The average Bonchev–Trinajstić information content (AvgIpc) is 0.842. The van der Waals surface area contributed by atoms with Crippen molar-refractivity contribution in [2.45, 2.75) is 472 Å². The molecule has 0 bridgehead atoms. The Labute approximate surface area is 625 Å². The van der Waals surface area contributed by atoms with E-state index in [0.717, 1.165) is 135 Å². The monoisotopic (exact) mass is 1370 g/mol. The number of hydrogen-bond donors (Lipinski definition) is 0. The first-order valence-electron chi connectivity index (χ1n) is 45.5. The SMILES string of the molecule is CC(C)C1CCC1.CC1CC(C)(C)C1.CC1CC(C)(C)C1.CC1CC(C)C1C.CC1CCC1(C)C.CC1C[C@H](C)C1C.CCC1(C)CCC1.CCC1(C)CCC1.CCC1CC(C)C1.CCC1CC(C)C1.CCC1CCC1C.CCC1CC[C@@H]1C.CCCC1CCC1.C[C@H]1CCC1(C)C. The summed E-state index contributed by atoms with van der Waals surface area (Å²) in [7, 11) is 0. The van der Waals surface area contributed by atoms with Gasteiger partial charge in [0.15, 0.2) is 0 Å². The predicted molar refractivity (Wildman–Crippen MR) is 451 cm³/mol. The van der Waals surface area contributed by atoms with E-state index in [2.05, 4.69) is 228 Å². The molecule has 0 heteroatoms. The van der Waals surface area contributed by atoms with Gasteiger partial charge in [-0.05, 0) is 285 Å². The Hall–Kier alpha value is 0. The lowest BCUT2D eigenvalue weighted by Gasteiger charge is -2.42. The van der Waals surface area contributed by atoms with Gasteiger partial charge < -0.3 is 0 Å². The molecule has 98 heavy (non-hydrogen) atoms. The number of hydrogen-bond acceptors (Lipinski definition) is 0. The molecule has 0 saturated heterocycles. The summed E-state index contributed by atoms with van der Waals surface area (Å²) in [5, 5.41) is 0. The van der Waals surface area contributed by atoms with Crippen molar-refractivity contribution in [1.29, 1.82) is 0 Å². The molecule has 14 fully saturated rings. The van der Waals surface area contributed by atoms with E-state index in [1.165, 1.54) is 244 Å². The molecule has 8 unspecified atom stereocenters. The Bertz CT molecular complexity index is 1690. The van der Waals surface area contributed by atoms with E-state index in [9.17, 15) is 0 Å². The molecule has 14 saturated carbocycles. The molecule has 0 spiro atoms. The van der Waals surface area contributed by atoms with Crippen molar-refractivity contribution < 1.29 is 0 Å². The minimum Gasteiger partial charge on any atom is -0.0654 e. The summed E-state index contributed by atoms with van der Waals surface area (Å²) in [5.74, 6) is 21.7. The lowest BCUT2D eigenvalue weighted by atomic mass is 9.64. The highest BCUT2D eigenvalue weighted by Crippen LogP contribution is 2.49. The minimum absolute atomic E-state index is 0.681. The van der Waals surface area contributed by atoms with Gasteiger partial charge in [-0.2, -0.15) is 0 Å². The van der Waals surface area contributed by atoms with Crippen molar-refractivity contribution in [3.05, 3.63) is 0 Å². The van der Waals surface area contributed by atoms with Gasteiger partial charge in [0.2, 0.25) is 0 Å². The Morgan fingerprint density at radius 1 is 0.306 bits per heavy atom. The molecule has 0 aromatic rings. The molecule has 0 aliphatic heterocycles. The Morgan fingerprint density at radius 3 is 0.633 bits per heavy atom. The Morgan fingerprint density at radius 2 is 0.612 bits per heavy atom. The molecule has 14 rings (SSSR count). The van der Waals surface area contributed by atoms with Crippen molar-refractivity contribution >= 4 is 0 Å². The van der Waals surface area contributed by atoms with Crippen LogP contribution >= 0.6 is 0 Å². The molecule has 0 heterocycles. The molecule has 14 aliphatic rings. The predicted octanol–water partition coefficient (Wildman–Crippen LogP) is 34.3. The first-order valence-corrected chi connectivity index (χ1v) is 45.5. The van der Waals surface area contributed by atoms with Crippen LogP contribution in [0.5, 0.6) is 0 Å². The van der Waals surface area contributed by atoms with Gasteiger partial charge in [-0.1, -0.05) is 344 Å².